The number of carbonyl (C=O) groups excluding carboxylic acids is 1. The van der Waals surface area contributed by atoms with Crippen molar-refractivity contribution in [2.75, 3.05) is 11.4 Å². The second kappa shape index (κ2) is 4.86. The minimum absolute atomic E-state index is 0.0540. The van der Waals surface area contributed by atoms with E-state index in [-0.39, 0.29) is 18.2 Å². The van der Waals surface area contributed by atoms with Gasteiger partial charge in [0.15, 0.2) is 0 Å². The van der Waals surface area contributed by atoms with Gasteiger partial charge in [-0.1, -0.05) is 24.6 Å². The number of amides is 1. The van der Waals surface area contributed by atoms with E-state index in [1.807, 2.05) is 32.0 Å². The van der Waals surface area contributed by atoms with Gasteiger partial charge in [-0.05, 0) is 43.7 Å². The summed E-state index contributed by atoms with van der Waals surface area (Å²) in [5.74, 6) is -0.718. The third-order valence-electron chi connectivity index (χ3n) is 5.23. The number of rotatable bonds is 3. The van der Waals surface area contributed by atoms with Crippen molar-refractivity contribution in [3.8, 4) is 0 Å². The van der Waals surface area contributed by atoms with Gasteiger partial charge in [-0.2, -0.15) is 0 Å². The van der Waals surface area contributed by atoms with E-state index in [2.05, 4.69) is 0 Å². The largest absolute Gasteiger partial charge is 0.481 e. The minimum atomic E-state index is -0.885. The van der Waals surface area contributed by atoms with E-state index in [1.54, 1.807) is 4.90 Å². The van der Waals surface area contributed by atoms with Gasteiger partial charge in [0.1, 0.15) is 0 Å². The van der Waals surface area contributed by atoms with E-state index in [4.69, 9.17) is 0 Å². The summed E-state index contributed by atoms with van der Waals surface area (Å²) in [6.45, 7) is 4.26. The summed E-state index contributed by atoms with van der Waals surface area (Å²) in [5, 5.41) is 9.74. The van der Waals surface area contributed by atoms with Crippen molar-refractivity contribution in [2.24, 2.45) is 11.3 Å². The number of carbonyl (C=O) groups is 2. The molecular formula is C17H21NO3. The second-order valence-electron chi connectivity index (χ2n) is 6.49. The first-order chi connectivity index (χ1) is 9.95. The number of carboxylic acids is 1. The first-order valence-corrected chi connectivity index (χ1v) is 7.56. The maximum absolute atomic E-state index is 12.5. The van der Waals surface area contributed by atoms with E-state index in [0.29, 0.717) is 6.54 Å². The molecule has 0 bridgehead atoms. The number of hydrogen-bond donors (Lipinski definition) is 1. The molecule has 2 fully saturated rings. The van der Waals surface area contributed by atoms with Crippen molar-refractivity contribution >= 4 is 17.6 Å². The van der Waals surface area contributed by atoms with E-state index in [1.165, 1.54) is 0 Å². The monoisotopic (exact) mass is 287 g/mol. The third kappa shape index (κ3) is 2.04. The number of aliphatic carboxylic acids is 1. The molecule has 4 nitrogen and oxygen atoms in total. The van der Waals surface area contributed by atoms with Gasteiger partial charge in [0.2, 0.25) is 5.91 Å². The van der Waals surface area contributed by atoms with Crippen LogP contribution in [0.3, 0.4) is 0 Å². The normalized spacial score (nSPS) is 26.0. The summed E-state index contributed by atoms with van der Waals surface area (Å²) in [6, 6.07) is 5.91. The highest BCUT2D eigenvalue weighted by molar-refractivity contribution is 6.02. The van der Waals surface area contributed by atoms with Crippen LogP contribution in [0, 0.1) is 25.2 Å². The SMILES string of the molecule is Cc1cccc(C)c1N1CC(C(=O)O)(C2CCC2)CC1=O. The molecule has 2 aliphatic rings. The predicted octanol–water partition coefficient (Wildman–Crippen LogP) is 2.91. The van der Waals surface area contributed by atoms with Crippen molar-refractivity contribution in [2.45, 2.75) is 39.5 Å². The van der Waals surface area contributed by atoms with Gasteiger partial charge in [-0.25, -0.2) is 0 Å². The highest BCUT2D eigenvalue weighted by Gasteiger charge is 2.56. The number of aryl methyl sites for hydroxylation is 2. The molecule has 1 heterocycles. The molecular weight excluding hydrogens is 266 g/mol. The van der Waals surface area contributed by atoms with Crippen molar-refractivity contribution in [1.29, 1.82) is 0 Å². The van der Waals surface area contributed by atoms with Crippen LogP contribution in [0.4, 0.5) is 5.69 Å². The van der Waals surface area contributed by atoms with Gasteiger partial charge >= 0.3 is 5.97 Å². The lowest BCUT2D eigenvalue weighted by Gasteiger charge is -2.39. The van der Waals surface area contributed by atoms with Crippen LogP contribution in [0.1, 0.15) is 36.8 Å². The van der Waals surface area contributed by atoms with E-state index in [9.17, 15) is 14.7 Å². The number of carboxylic acid groups (broad SMARTS) is 1. The minimum Gasteiger partial charge on any atom is -0.481 e. The molecule has 4 heteroatoms. The Kier molecular flexibility index (Phi) is 3.27. The van der Waals surface area contributed by atoms with E-state index < -0.39 is 11.4 Å². The lowest BCUT2D eigenvalue weighted by Crippen LogP contribution is -2.44. The maximum Gasteiger partial charge on any atom is 0.312 e. The zero-order valence-electron chi connectivity index (χ0n) is 12.6. The summed E-state index contributed by atoms with van der Waals surface area (Å²) in [7, 11) is 0. The molecule has 1 N–H and O–H groups in total. The molecule has 1 aliphatic carbocycles. The molecule has 1 amide bonds. The van der Waals surface area contributed by atoms with Crippen molar-refractivity contribution in [1.82, 2.24) is 0 Å². The van der Waals surface area contributed by atoms with Crippen molar-refractivity contribution in [3.05, 3.63) is 29.3 Å². The van der Waals surface area contributed by atoms with Crippen molar-refractivity contribution < 1.29 is 14.7 Å². The molecule has 1 aromatic carbocycles. The van der Waals surface area contributed by atoms with Gasteiger partial charge in [-0.3, -0.25) is 9.59 Å². The van der Waals surface area contributed by atoms with E-state index in [0.717, 1.165) is 36.1 Å². The molecule has 1 aliphatic heterocycles. The summed E-state index contributed by atoms with van der Waals surface area (Å²) in [6.07, 6.45) is 3.08. The molecule has 112 valence electrons. The van der Waals surface area contributed by atoms with Gasteiger partial charge in [0.05, 0.1) is 5.41 Å². The first-order valence-electron chi connectivity index (χ1n) is 7.56. The molecule has 1 atom stereocenters. The maximum atomic E-state index is 12.5. The predicted molar refractivity (Wildman–Crippen MR) is 80.3 cm³/mol. The third-order valence-corrected chi connectivity index (χ3v) is 5.23. The zero-order valence-corrected chi connectivity index (χ0v) is 12.6. The van der Waals surface area contributed by atoms with Gasteiger partial charge < -0.3 is 10.0 Å². The number of para-hydroxylation sites is 1. The van der Waals surface area contributed by atoms with Crippen LogP contribution in [0.5, 0.6) is 0 Å². The van der Waals surface area contributed by atoms with Crippen LogP contribution in [-0.2, 0) is 9.59 Å². The van der Waals surface area contributed by atoms with Gasteiger partial charge in [-0.15, -0.1) is 0 Å². The van der Waals surface area contributed by atoms with Gasteiger partial charge in [0.25, 0.3) is 0 Å². The Bertz CT molecular complexity index is 586. The molecule has 1 unspecified atom stereocenters. The number of anilines is 1. The molecule has 0 spiro atoms. The van der Waals surface area contributed by atoms with Crippen LogP contribution < -0.4 is 4.90 Å². The molecule has 1 aromatic rings. The molecule has 1 saturated carbocycles. The molecule has 21 heavy (non-hydrogen) atoms. The summed E-state index contributed by atoms with van der Waals surface area (Å²) < 4.78 is 0. The smallest absolute Gasteiger partial charge is 0.312 e. The number of benzene rings is 1. The summed E-state index contributed by atoms with van der Waals surface area (Å²) in [5.41, 5.74) is 2.06. The first kappa shape index (κ1) is 14.1. The highest BCUT2D eigenvalue weighted by atomic mass is 16.4. The van der Waals surface area contributed by atoms with Crippen molar-refractivity contribution in [3.63, 3.8) is 0 Å². The second-order valence-corrected chi connectivity index (χ2v) is 6.49. The van der Waals surface area contributed by atoms with Crippen LogP contribution in [0.2, 0.25) is 0 Å². The summed E-state index contributed by atoms with van der Waals surface area (Å²) >= 11 is 0. The Morgan fingerprint density at radius 1 is 1.29 bits per heavy atom. The Hall–Kier alpha value is -1.84. The fourth-order valence-electron chi connectivity index (χ4n) is 3.78. The van der Waals surface area contributed by atoms with Crippen LogP contribution in [0.15, 0.2) is 18.2 Å². The fourth-order valence-corrected chi connectivity index (χ4v) is 3.78. The lowest BCUT2D eigenvalue weighted by atomic mass is 9.64. The molecule has 1 saturated heterocycles. The Morgan fingerprint density at radius 2 is 1.90 bits per heavy atom. The topological polar surface area (TPSA) is 57.6 Å². The Balaban J connectivity index is 1.99. The molecule has 0 radical (unpaired) electrons. The molecule has 0 aromatic heterocycles. The Labute approximate surface area is 124 Å². The van der Waals surface area contributed by atoms with E-state index >= 15 is 0 Å². The zero-order chi connectivity index (χ0) is 15.2. The summed E-state index contributed by atoms with van der Waals surface area (Å²) in [4.78, 5) is 26.1. The number of nitrogens with zero attached hydrogens (tertiary/aromatic N) is 1. The van der Waals surface area contributed by atoms with Crippen LogP contribution >= 0.6 is 0 Å². The standard InChI is InChI=1S/C17H21NO3/c1-11-5-3-6-12(2)15(11)18-10-17(16(20)21,9-14(18)19)13-7-4-8-13/h3,5-6,13H,4,7-10H2,1-2H3,(H,20,21). The molecule has 3 rings (SSSR count). The highest BCUT2D eigenvalue weighted by Crippen LogP contribution is 2.49. The average molecular weight is 287 g/mol. The quantitative estimate of drug-likeness (QED) is 0.930. The van der Waals surface area contributed by atoms with Crippen LogP contribution in [-0.4, -0.2) is 23.5 Å². The van der Waals surface area contributed by atoms with Gasteiger partial charge in [0, 0.05) is 18.7 Å². The number of hydrogen-bond acceptors (Lipinski definition) is 2. The fraction of sp³-hybridized carbons (Fsp3) is 0.529. The Morgan fingerprint density at radius 3 is 2.38 bits per heavy atom. The lowest BCUT2D eigenvalue weighted by molar-refractivity contribution is -0.154. The van der Waals surface area contributed by atoms with Crippen LogP contribution in [0.25, 0.3) is 0 Å². The average Bonchev–Trinajstić information content (AvgIpc) is 2.66.